The Morgan fingerprint density at radius 2 is 2.12 bits per heavy atom. The number of anilines is 1. The Morgan fingerprint density at radius 1 is 1.38 bits per heavy atom. The van der Waals surface area contributed by atoms with E-state index in [9.17, 15) is 0 Å². The standard InChI is InChI=1S/C11H22N4S/c1-4-15(7-5-6-14(2)3)11-13-10(8-12)9-16-11/h9H,4-8,12H2,1-3H3. The minimum Gasteiger partial charge on any atom is -0.348 e. The molecule has 1 aromatic rings. The van der Waals surface area contributed by atoms with Gasteiger partial charge in [-0.1, -0.05) is 0 Å². The summed E-state index contributed by atoms with van der Waals surface area (Å²) in [6.07, 6.45) is 1.17. The van der Waals surface area contributed by atoms with Crippen LogP contribution in [0.2, 0.25) is 0 Å². The lowest BCUT2D eigenvalue weighted by atomic mass is 10.4. The van der Waals surface area contributed by atoms with Crippen molar-refractivity contribution in [3.05, 3.63) is 11.1 Å². The number of hydrogen-bond donors (Lipinski definition) is 1. The predicted molar refractivity (Wildman–Crippen MR) is 71.1 cm³/mol. The van der Waals surface area contributed by atoms with Gasteiger partial charge in [-0.3, -0.25) is 0 Å². The van der Waals surface area contributed by atoms with Gasteiger partial charge in [-0.2, -0.15) is 0 Å². The molecule has 5 heteroatoms. The van der Waals surface area contributed by atoms with Gasteiger partial charge < -0.3 is 15.5 Å². The van der Waals surface area contributed by atoms with Gasteiger partial charge in [-0.05, 0) is 34.0 Å². The molecule has 16 heavy (non-hydrogen) atoms. The molecule has 0 radical (unpaired) electrons. The summed E-state index contributed by atoms with van der Waals surface area (Å²) < 4.78 is 0. The monoisotopic (exact) mass is 242 g/mol. The Bertz CT molecular complexity index is 298. The molecule has 0 fully saturated rings. The summed E-state index contributed by atoms with van der Waals surface area (Å²) in [6.45, 7) is 5.88. The third kappa shape index (κ3) is 4.08. The number of nitrogens with zero attached hydrogens (tertiary/aromatic N) is 3. The highest BCUT2D eigenvalue weighted by Gasteiger charge is 2.08. The summed E-state index contributed by atoms with van der Waals surface area (Å²) in [4.78, 5) is 9.03. The first-order valence-corrected chi connectivity index (χ1v) is 6.59. The molecule has 1 aromatic heterocycles. The predicted octanol–water partition coefficient (Wildman–Crippen LogP) is 1.38. The minimum atomic E-state index is 0.533. The first kappa shape index (κ1) is 13.4. The van der Waals surface area contributed by atoms with E-state index in [2.05, 4.69) is 35.8 Å². The van der Waals surface area contributed by atoms with E-state index >= 15 is 0 Å². The van der Waals surface area contributed by atoms with Gasteiger partial charge in [0.1, 0.15) is 0 Å². The molecular formula is C11H22N4S. The Kier molecular flexibility index (Phi) is 5.73. The normalized spacial score (nSPS) is 11.1. The summed E-state index contributed by atoms with van der Waals surface area (Å²) >= 11 is 1.69. The summed E-state index contributed by atoms with van der Waals surface area (Å²) in [5.41, 5.74) is 6.56. The number of nitrogens with two attached hydrogens (primary N) is 1. The van der Waals surface area contributed by atoms with E-state index in [1.807, 2.05) is 5.38 Å². The largest absolute Gasteiger partial charge is 0.348 e. The van der Waals surface area contributed by atoms with E-state index in [1.165, 1.54) is 6.42 Å². The lowest BCUT2D eigenvalue weighted by Gasteiger charge is -2.20. The van der Waals surface area contributed by atoms with Gasteiger partial charge in [0.05, 0.1) is 5.69 Å². The van der Waals surface area contributed by atoms with Crippen LogP contribution in [-0.2, 0) is 6.54 Å². The molecule has 0 aliphatic carbocycles. The molecule has 0 saturated carbocycles. The van der Waals surface area contributed by atoms with Crippen LogP contribution in [0.5, 0.6) is 0 Å². The Hall–Kier alpha value is -0.650. The van der Waals surface area contributed by atoms with Gasteiger partial charge in [-0.15, -0.1) is 11.3 Å². The van der Waals surface area contributed by atoms with E-state index in [4.69, 9.17) is 5.73 Å². The van der Waals surface area contributed by atoms with Crippen molar-refractivity contribution in [3.63, 3.8) is 0 Å². The van der Waals surface area contributed by atoms with Crippen molar-refractivity contribution in [2.24, 2.45) is 5.73 Å². The highest BCUT2D eigenvalue weighted by atomic mass is 32.1. The molecule has 4 nitrogen and oxygen atoms in total. The molecule has 0 aliphatic rings. The topological polar surface area (TPSA) is 45.4 Å². The van der Waals surface area contributed by atoms with Crippen LogP contribution in [0.3, 0.4) is 0 Å². The lowest BCUT2D eigenvalue weighted by Crippen LogP contribution is -2.26. The minimum absolute atomic E-state index is 0.533. The number of aromatic nitrogens is 1. The van der Waals surface area contributed by atoms with Gasteiger partial charge in [0.2, 0.25) is 0 Å². The summed E-state index contributed by atoms with van der Waals surface area (Å²) in [5.74, 6) is 0. The van der Waals surface area contributed by atoms with Gasteiger partial charge in [0, 0.05) is 25.0 Å². The molecule has 2 N–H and O–H groups in total. The molecule has 0 amide bonds. The second-order valence-corrected chi connectivity index (χ2v) is 4.90. The van der Waals surface area contributed by atoms with Gasteiger partial charge in [0.15, 0.2) is 5.13 Å². The molecule has 1 heterocycles. The first-order chi connectivity index (χ1) is 7.67. The van der Waals surface area contributed by atoms with Crippen LogP contribution in [0.15, 0.2) is 5.38 Å². The van der Waals surface area contributed by atoms with Crippen LogP contribution in [-0.4, -0.2) is 43.6 Å². The summed E-state index contributed by atoms with van der Waals surface area (Å²) in [6, 6.07) is 0. The highest BCUT2D eigenvalue weighted by Crippen LogP contribution is 2.20. The van der Waals surface area contributed by atoms with Gasteiger partial charge >= 0.3 is 0 Å². The average Bonchev–Trinajstić information content (AvgIpc) is 2.72. The van der Waals surface area contributed by atoms with Crippen molar-refractivity contribution >= 4 is 16.5 Å². The van der Waals surface area contributed by atoms with Crippen molar-refractivity contribution in [3.8, 4) is 0 Å². The van der Waals surface area contributed by atoms with Crippen molar-refractivity contribution in [2.45, 2.75) is 19.9 Å². The fourth-order valence-corrected chi connectivity index (χ4v) is 2.43. The van der Waals surface area contributed by atoms with E-state index in [-0.39, 0.29) is 0 Å². The second kappa shape index (κ2) is 6.83. The molecule has 0 bridgehead atoms. The smallest absolute Gasteiger partial charge is 0.185 e. The molecule has 0 spiro atoms. The number of rotatable bonds is 7. The molecule has 0 aliphatic heterocycles. The average molecular weight is 242 g/mol. The van der Waals surface area contributed by atoms with Crippen molar-refractivity contribution in [1.29, 1.82) is 0 Å². The highest BCUT2D eigenvalue weighted by molar-refractivity contribution is 7.13. The van der Waals surface area contributed by atoms with E-state index in [0.29, 0.717) is 6.54 Å². The SMILES string of the molecule is CCN(CCCN(C)C)c1nc(CN)cs1. The van der Waals surface area contributed by atoms with Gasteiger partial charge in [-0.25, -0.2) is 4.98 Å². The van der Waals surface area contributed by atoms with Crippen molar-refractivity contribution in [2.75, 3.05) is 38.6 Å². The van der Waals surface area contributed by atoms with Crippen molar-refractivity contribution in [1.82, 2.24) is 9.88 Å². The first-order valence-electron chi connectivity index (χ1n) is 5.71. The Morgan fingerprint density at radius 3 is 2.62 bits per heavy atom. The maximum absolute atomic E-state index is 5.56. The van der Waals surface area contributed by atoms with Gasteiger partial charge in [0.25, 0.3) is 0 Å². The Labute approximate surface area is 102 Å². The third-order valence-electron chi connectivity index (χ3n) is 2.43. The summed E-state index contributed by atoms with van der Waals surface area (Å²) in [7, 11) is 4.21. The van der Waals surface area contributed by atoms with Crippen LogP contribution in [0, 0.1) is 0 Å². The quantitative estimate of drug-likeness (QED) is 0.784. The molecular weight excluding hydrogens is 220 g/mol. The Balaban J connectivity index is 2.46. The third-order valence-corrected chi connectivity index (χ3v) is 3.38. The van der Waals surface area contributed by atoms with Crippen LogP contribution in [0.25, 0.3) is 0 Å². The van der Waals surface area contributed by atoms with Crippen molar-refractivity contribution < 1.29 is 0 Å². The zero-order valence-electron chi connectivity index (χ0n) is 10.4. The lowest BCUT2D eigenvalue weighted by molar-refractivity contribution is 0.400. The van der Waals surface area contributed by atoms with E-state index < -0.39 is 0 Å². The molecule has 0 saturated heterocycles. The zero-order valence-corrected chi connectivity index (χ0v) is 11.3. The summed E-state index contributed by atoms with van der Waals surface area (Å²) in [5, 5.41) is 3.14. The van der Waals surface area contributed by atoms with Crippen LogP contribution in [0.1, 0.15) is 19.0 Å². The van der Waals surface area contributed by atoms with Crippen LogP contribution in [0.4, 0.5) is 5.13 Å². The fraction of sp³-hybridized carbons (Fsp3) is 0.727. The fourth-order valence-electron chi connectivity index (χ4n) is 1.50. The van der Waals surface area contributed by atoms with E-state index in [0.717, 1.165) is 30.5 Å². The molecule has 0 aromatic carbocycles. The number of hydrogen-bond acceptors (Lipinski definition) is 5. The molecule has 0 atom stereocenters. The maximum atomic E-state index is 5.56. The maximum Gasteiger partial charge on any atom is 0.185 e. The zero-order chi connectivity index (χ0) is 12.0. The van der Waals surface area contributed by atoms with Crippen LogP contribution >= 0.6 is 11.3 Å². The van der Waals surface area contributed by atoms with Crippen LogP contribution < -0.4 is 10.6 Å². The molecule has 92 valence electrons. The molecule has 1 rings (SSSR count). The second-order valence-electron chi connectivity index (χ2n) is 4.06. The number of thiazole rings is 1. The molecule has 0 unspecified atom stereocenters. The van der Waals surface area contributed by atoms with E-state index in [1.54, 1.807) is 11.3 Å².